The SMILES string of the molecule is CCOC(=O)CN(CC)C(=O)c1ccc(Br)c(N)c1. The largest absolute Gasteiger partial charge is 0.465 e. The van der Waals surface area contributed by atoms with Gasteiger partial charge in [-0.05, 0) is 48.0 Å². The first-order valence-electron chi connectivity index (χ1n) is 5.99. The molecule has 0 heterocycles. The highest BCUT2D eigenvalue weighted by Crippen LogP contribution is 2.21. The van der Waals surface area contributed by atoms with Gasteiger partial charge in [0.25, 0.3) is 5.91 Å². The highest BCUT2D eigenvalue weighted by atomic mass is 79.9. The van der Waals surface area contributed by atoms with Crippen LogP contribution >= 0.6 is 15.9 Å². The molecule has 1 aromatic carbocycles. The number of carbonyl (C=O) groups excluding carboxylic acids is 2. The van der Waals surface area contributed by atoms with Gasteiger partial charge in [-0.25, -0.2) is 0 Å². The van der Waals surface area contributed by atoms with E-state index in [0.717, 1.165) is 4.47 Å². The predicted molar refractivity (Wildman–Crippen MR) is 76.8 cm³/mol. The van der Waals surface area contributed by atoms with Crippen molar-refractivity contribution in [1.29, 1.82) is 0 Å². The molecule has 0 aromatic heterocycles. The van der Waals surface area contributed by atoms with Gasteiger partial charge in [0.15, 0.2) is 0 Å². The zero-order valence-electron chi connectivity index (χ0n) is 11.0. The Labute approximate surface area is 120 Å². The molecule has 2 N–H and O–H groups in total. The molecule has 0 fully saturated rings. The number of halogens is 1. The monoisotopic (exact) mass is 328 g/mol. The number of nitrogens with zero attached hydrogens (tertiary/aromatic N) is 1. The highest BCUT2D eigenvalue weighted by molar-refractivity contribution is 9.10. The van der Waals surface area contributed by atoms with Gasteiger partial charge in [0.05, 0.1) is 6.61 Å². The van der Waals surface area contributed by atoms with Crippen molar-refractivity contribution in [2.75, 3.05) is 25.4 Å². The second-order valence-electron chi connectivity index (χ2n) is 3.86. The summed E-state index contributed by atoms with van der Waals surface area (Å²) < 4.78 is 5.57. The number of likely N-dealkylation sites (N-methyl/N-ethyl adjacent to an activating group) is 1. The molecule has 5 nitrogen and oxygen atoms in total. The fourth-order valence-corrected chi connectivity index (χ4v) is 1.80. The van der Waals surface area contributed by atoms with Crippen molar-refractivity contribution in [2.45, 2.75) is 13.8 Å². The Bertz CT molecular complexity index is 477. The number of anilines is 1. The number of carbonyl (C=O) groups is 2. The molecule has 0 saturated heterocycles. The number of hydrogen-bond donors (Lipinski definition) is 1. The zero-order chi connectivity index (χ0) is 14.4. The van der Waals surface area contributed by atoms with Gasteiger partial charge in [0.1, 0.15) is 6.54 Å². The lowest BCUT2D eigenvalue weighted by atomic mass is 10.2. The Balaban J connectivity index is 2.83. The third-order valence-corrected chi connectivity index (χ3v) is 3.26. The van der Waals surface area contributed by atoms with E-state index in [1.54, 1.807) is 32.0 Å². The van der Waals surface area contributed by atoms with Crippen LogP contribution in [0.3, 0.4) is 0 Å². The molecule has 0 spiro atoms. The van der Waals surface area contributed by atoms with Crippen molar-refractivity contribution in [3.05, 3.63) is 28.2 Å². The Morgan fingerprint density at radius 2 is 2.05 bits per heavy atom. The van der Waals surface area contributed by atoms with Crippen LogP contribution in [0.1, 0.15) is 24.2 Å². The van der Waals surface area contributed by atoms with Crippen LogP contribution in [0.15, 0.2) is 22.7 Å². The number of hydrogen-bond acceptors (Lipinski definition) is 4. The maximum Gasteiger partial charge on any atom is 0.325 e. The minimum Gasteiger partial charge on any atom is -0.465 e. The maximum absolute atomic E-state index is 12.2. The van der Waals surface area contributed by atoms with Gasteiger partial charge in [-0.3, -0.25) is 9.59 Å². The second-order valence-corrected chi connectivity index (χ2v) is 4.71. The smallest absolute Gasteiger partial charge is 0.325 e. The molecular formula is C13H17BrN2O3. The second kappa shape index (κ2) is 7.13. The molecule has 104 valence electrons. The molecule has 1 aromatic rings. The van der Waals surface area contributed by atoms with Gasteiger partial charge < -0.3 is 15.4 Å². The van der Waals surface area contributed by atoms with Gasteiger partial charge in [-0.15, -0.1) is 0 Å². The fourth-order valence-electron chi connectivity index (χ4n) is 1.55. The normalized spacial score (nSPS) is 10.1. The van der Waals surface area contributed by atoms with Crippen molar-refractivity contribution in [1.82, 2.24) is 4.90 Å². The summed E-state index contributed by atoms with van der Waals surface area (Å²) >= 11 is 3.27. The summed E-state index contributed by atoms with van der Waals surface area (Å²) in [5, 5.41) is 0. The van der Waals surface area contributed by atoms with Crippen LogP contribution in [-0.4, -0.2) is 36.5 Å². The third-order valence-electron chi connectivity index (χ3n) is 2.54. The number of benzene rings is 1. The molecule has 0 aliphatic heterocycles. The minimum atomic E-state index is -0.414. The molecule has 0 radical (unpaired) electrons. The fraction of sp³-hybridized carbons (Fsp3) is 0.385. The van der Waals surface area contributed by atoms with Gasteiger partial charge in [0.2, 0.25) is 0 Å². The Morgan fingerprint density at radius 3 is 2.58 bits per heavy atom. The number of amides is 1. The van der Waals surface area contributed by atoms with Crippen LogP contribution in [0.4, 0.5) is 5.69 Å². The predicted octanol–water partition coefficient (Wildman–Crippen LogP) is 2.06. The molecule has 0 unspecified atom stereocenters. The zero-order valence-corrected chi connectivity index (χ0v) is 12.6. The number of rotatable bonds is 5. The molecular weight excluding hydrogens is 312 g/mol. The summed E-state index contributed by atoms with van der Waals surface area (Å²) in [4.78, 5) is 25.1. The molecule has 0 aliphatic rings. The summed E-state index contributed by atoms with van der Waals surface area (Å²) in [5.41, 5.74) is 6.67. The van der Waals surface area contributed by atoms with Crippen molar-refractivity contribution >= 4 is 33.5 Å². The van der Waals surface area contributed by atoms with Gasteiger partial charge >= 0.3 is 5.97 Å². The summed E-state index contributed by atoms with van der Waals surface area (Å²) in [7, 11) is 0. The maximum atomic E-state index is 12.2. The lowest BCUT2D eigenvalue weighted by Crippen LogP contribution is -2.36. The van der Waals surface area contributed by atoms with E-state index in [9.17, 15) is 9.59 Å². The average molecular weight is 329 g/mol. The molecule has 1 amide bonds. The molecule has 0 bridgehead atoms. The van der Waals surface area contributed by atoms with Gasteiger partial charge in [-0.2, -0.15) is 0 Å². The van der Waals surface area contributed by atoms with Crippen LogP contribution in [0.25, 0.3) is 0 Å². The summed E-state index contributed by atoms with van der Waals surface area (Å²) in [6.07, 6.45) is 0. The summed E-state index contributed by atoms with van der Waals surface area (Å²) in [5.74, 6) is -0.655. The van der Waals surface area contributed by atoms with Crippen molar-refractivity contribution in [2.24, 2.45) is 0 Å². The molecule has 19 heavy (non-hydrogen) atoms. The van der Waals surface area contributed by atoms with E-state index in [1.807, 2.05) is 0 Å². The quantitative estimate of drug-likeness (QED) is 0.663. The molecule has 0 saturated carbocycles. The summed E-state index contributed by atoms with van der Waals surface area (Å²) in [6, 6.07) is 4.96. The molecule has 0 atom stereocenters. The number of ether oxygens (including phenoxy) is 1. The Hall–Kier alpha value is -1.56. The highest BCUT2D eigenvalue weighted by Gasteiger charge is 2.18. The van der Waals surface area contributed by atoms with Crippen LogP contribution < -0.4 is 5.73 Å². The first kappa shape index (κ1) is 15.5. The van der Waals surface area contributed by atoms with Crippen LogP contribution in [0.5, 0.6) is 0 Å². The van der Waals surface area contributed by atoms with Gasteiger partial charge in [0, 0.05) is 22.3 Å². The Morgan fingerprint density at radius 1 is 1.37 bits per heavy atom. The number of esters is 1. The first-order valence-corrected chi connectivity index (χ1v) is 6.78. The topological polar surface area (TPSA) is 72.6 Å². The summed E-state index contributed by atoms with van der Waals surface area (Å²) in [6.45, 7) is 4.20. The van der Waals surface area contributed by atoms with E-state index in [4.69, 9.17) is 10.5 Å². The average Bonchev–Trinajstić information content (AvgIpc) is 2.38. The van der Waals surface area contributed by atoms with Crippen molar-refractivity contribution < 1.29 is 14.3 Å². The van der Waals surface area contributed by atoms with Gasteiger partial charge in [-0.1, -0.05) is 0 Å². The van der Waals surface area contributed by atoms with E-state index in [-0.39, 0.29) is 12.5 Å². The molecule has 6 heteroatoms. The van der Waals surface area contributed by atoms with Crippen LogP contribution in [0, 0.1) is 0 Å². The Kier molecular flexibility index (Phi) is 5.82. The first-order chi connectivity index (χ1) is 8.99. The number of nitrogen functional groups attached to an aromatic ring is 1. The lowest BCUT2D eigenvalue weighted by Gasteiger charge is -2.20. The van der Waals surface area contributed by atoms with E-state index in [1.165, 1.54) is 4.90 Å². The van der Waals surface area contributed by atoms with Crippen LogP contribution in [-0.2, 0) is 9.53 Å². The third kappa shape index (κ3) is 4.24. The van der Waals surface area contributed by atoms with E-state index in [0.29, 0.717) is 24.4 Å². The minimum absolute atomic E-state index is 0.0564. The standard InChI is InChI=1S/C13H17BrN2O3/c1-3-16(8-12(17)19-4-2)13(18)9-5-6-10(14)11(15)7-9/h5-7H,3-4,8,15H2,1-2H3. The van der Waals surface area contributed by atoms with Crippen LogP contribution in [0.2, 0.25) is 0 Å². The van der Waals surface area contributed by atoms with E-state index >= 15 is 0 Å². The molecule has 1 rings (SSSR count). The van der Waals surface area contributed by atoms with Crippen molar-refractivity contribution in [3.63, 3.8) is 0 Å². The van der Waals surface area contributed by atoms with E-state index in [2.05, 4.69) is 15.9 Å². The van der Waals surface area contributed by atoms with E-state index < -0.39 is 5.97 Å². The van der Waals surface area contributed by atoms with Crippen molar-refractivity contribution in [3.8, 4) is 0 Å². The molecule has 0 aliphatic carbocycles. The lowest BCUT2D eigenvalue weighted by molar-refractivity contribution is -0.143. The number of nitrogens with two attached hydrogens (primary N) is 1.